The summed E-state index contributed by atoms with van der Waals surface area (Å²) in [7, 11) is -3.72. The quantitative estimate of drug-likeness (QED) is 0.901. The smallest absolute Gasteiger partial charge is 0.371 e. The Balaban J connectivity index is 2.38. The van der Waals surface area contributed by atoms with Gasteiger partial charge >= 0.3 is 5.97 Å². The van der Waals surface area contributed by atoms with Crippen molar-refractivity contribution in [2.75, 3.05) is 13.1 Å². The highest BCUT2D eigenvalue weighted by molar-refractivity contribution is 9.10. The van der Waals surface area contributed by atoms with Gasteiger partial charge in [-0.25, -0.2) is 13.2 Å². The number of rotatable bonds is 3. The van der Waals surface area contributed by atoms with Crippen molar-refractivity contribution in [1.82, 2.24) is 4.31 Å². The lowest BCUT2D eigenvalue weighted by Gasteiger charge is -2.19. The van der Waals surface area contributed by atoms with Crippen molar-refractivity contribution in [2.45, 2.75) is 25.2 Å². The van der Waals surface area contributed by atoms with Crippen molar-refractivity contribution in [1.29, 1.82) is 0 Å². The summed E-state index contributed by atoms with van der Waals surface area (Å²) >= 11 is 2.96. The first-order valence-electron chi connectivity index (χ1n) is 5.66. The number of hydrogen-bond donors (Lipinski definition) is 1. The molecule has 0 aliphatic carbocycles. The first-order chi connectivity index (χ1) is 8.63. The fraction of sp³-hybridized carbons (Fsp3) is 0.545. The minimum absolute atomic E-state index is 0.0705. The van der Waals surface area contributed by atoms with Crippen molar-refractivity contribution >= 4 is 31.9 Å². The molecule has 1 aliphatic heterocycles. The molecule has 1 fully saturated rings. The summed E-state index contributed by atoms with van der Waals surface area (Å²) in [6.07, 6.45) is 0.771. The monoisotopic (exact) mass is 351 g/mol. The van der Waals surface area contributed by atoms with Crippen LogP contribution < -0.4 is 0 Å². The van der Waals surface area contributed by atoms with E-state index in [0.29, 0.717) is 13.1 Å². The summed E-state index contributed by atoms with van der Waals surface area (Å²) in [6.45, 7) is 4.83. The SMILES string of the molecule is CC1(C)CCN(S(=O)(=O)c2cc(C(=O)O)oc2Br)C1. The summed E-state index contributed by atoms with van der Waals surface area (Å²) in [5.74, 6) is -1.70. The Hall–Kier alpha value is -0.860. The van der Waals surface area contributed by atoms with Crippen LogP contribution in [0, 0.1) is 5.41 Å². The summed E-state index contributed by atoms with van der Waals surface area (Å²) < 4.78 is 31.0. The number of carboxylic acids is 1. The molecule has 1 N–H and O–H groups in total. The lowest BCUT2D eigenvalue weighted by molar-refractivity contribution is 0.0661. The Morgan fingerprint density at radius 1 is 1.53 bits per heavy atom. The second-order valence-electron chi connectivity index (χ2n) is 5.31. The summed E-state index contributed by atoms with van der Waals surface area (Å²) in [5, 5.41) is 8.81. The normalized spacial score (nSPS) is 19.7. The topological polar surface area (TPSA) is 87.8 Å². The molecule has 1 saturated heterocycles. The van der Waals surface area contributed by atoms with Crippen molar-refractivity contribution in [2.24, 2.45) is 5.41 Å². The van der Waals surface area contributed by atoms with E-state index in [1.165, 1.54) is 4.31 Å². The van der Waals surface area contributed by atoms with E-state index in [0.717, 1.165) is 12.5 Å². The van der Waals surface area contributed by atoms with Gasteiger partial charge in [-0.1, -0.05) is 13.8 Å². The number of furan rings is 1. The molecule has 8 heteroatoms. The second-order valence-corrected chi connectivity index (χ2v) is 7.93. The van der Waals surface area contributed by atoms with Crippen LogP contribution in [0.2, 0.25) is 0 Å². The highest BCUT2D eigenvalue weighted by atomic mass is 79.9. The lowest BCUT2D eigenvalue weighted by Crippen LogP contribution is -2.30. The van der Waals surface area contributed by atoms with Crippen molar-refractivity contribution < 1.29 is 22.7 Å². The number of nitrogens with zero attached hydrogens (tertiary/aromatic N) is 1. The van der Waals surface area contributed by atoms with Crippen LogP contribution in [0.15, 0.2) is 20.0 Å². The van der Waals surface area contributed by atoms with Gasteiger partial charge in [-0.05, 0) is 27.8 Å². The van der Waals surface area contributed by atoms with Gasteiger partial charge in [0.05, 0.1) is 0 Å². The summed E-state index contributed by atoms with van der Waals surface area (Å²) in [6, 6.07) is 1.03. The van der Waals surface area contributed by atoms with Gasteiger partial charge in [-0.2, -0.15) is 4.31 Å². The van der Waals surface area contributed by atoms with Gasteiger partial charge < -0.3 is 9.52 Å². The van der Waals surface area contributed by atoms with Gasteiger partial charge in [0.25, 0.3) is 0 Å². The average Bonchev–Trinajstić information content (AvgIpc) is 2.82. The van der Waals surface area contributed by atoms with E-state index in [1.807, 2.05) is 13.8 Å². The van der Waals surface area contributed by atoms with Crippen molar-refractivity contribution in [3.63, 3.8) is 0 Å². The molecule has 19 heavy (non-hydrogen) atoms. The molecule has 0 spiro atoms. The first-order valence-corrected chi connectivity index (χ1v) is 7.89. The molecule has 0 radical (unpaired) electrons. The van der Waals surface area contributed by atoms with Crippen LogP contribution >= 0.6 is 15.9 Å². The Morgan fingerprint density at radius 2 is 2.16 bits per heavy atom. The van der Waals surface area contributed by atoms with Crippen molar-refractivity contribution in [3.8, 4) is 0 Å². The third-order valence-corrected chi connectivity index (χ3v) is 5.83. The van der Waals surface area contributed by atoms with Crippen LogP contribution in [0.25, 0.3) is 0 Å². The number of halogens is 1. The molecule has 2 rings (SSSR count). The Morgan fingerprint density at radius 3 is 2.58 bits per heavy atom. The van der Waals surface area contributed by atoms with E-state index in [9.17, 15) is 13.2 Å². The predicted molar refractivity (Wildman–Crippen MR) is 70.5 cm³/mol. The maximum atomic E-state index is 12.4. The largest absolute Gasteiger partial charge is 0.475 e. The number of sulfonamides is 1. The Labute approximate surface area is 119 Å². The fourth-order valence-corrected chi connectivity index (χ4v) is 4.57. The summed E-state index contributed by atoms with van der Waals surface area (Å²) in [5.41, 5.74) is -0.0705. The number of hydrogen-bond acceptors (Lipinski definition) is 4. The molecule has 1 aromatic rings. The first kappa shape index (κ1) is 14.5. The predicted octanol–water partition coefficient (Wildman–Crippen LogP) is 2.16. The van der Waals surface area contributed by atoms with Gasteiger partial charge in [-0.15, -0.1) is 0 Å². The highest BCUT2D eigenvalue weighted by Crippen LogP contribution is 2.35. The van der Waals surface area contributed by atoms with Crippen LogP contribution in [-0.2, 0) is 10.0 Å². The molecule has 106 valence electrons. The molecule has 0 unspecified atom stereocenters. The Kier molecular flexibility index (Phi) is 3.53. The number of aromatic carboxylic acids is 1. The standard InChI is InChI=1S/C11H14BrNO5S/c1-11(2)3-4-13(6-11)19(16,17)8-5-7(10(14)15)18-9(8)12/h5H,3-4,6H2,1-2H3,(H,14,15). The molecule has 0 amide bonds. The number of carboxylic acid groups (broad SMARTS) is 1. The zero-order chi connectivity index (χ0) is 14.4. The highest BCUT2D eigenvalue weighted by Gasteiger charge is 2.39. The fourth-order valence-electron chi connectivity index (χ4n) is 2.04. The van der Waals surface area contributed by atoms with Gasteiger partial charge in [-0.3, -0.25) is 0 Å². The molecule has 1 aromatic heterocycles. The molecule has 2 heterocycles. The van der Waals surface area contributed by atoms with Gasteiger partial charge in [0.15, 0.2) is 4.67 Å². The van der Waals surface area contributed by atoms with Crippen LogP contribution in [0.4, 0.5) is 0 Å². The maximum Gasteiger partial charge on any atom is 0.371 e. The maximum absolute atomic E-state index is 12.4. The van der Waals surface area contributed by atoms with Crippen LogP contribution in [0.5, 0.6) is 0 Å². The number of carbonyl (C=O) groups is 1. The van der Waals surface area contributed by atoms with E-state index < -0.39 is 21.8 Å². The average molecular weight is 352 g/mol. The van der Waals surface area contributed by atoms with Crippen molar-refractivity contribution in [3.05, 3.63) is 16.5 Å². The van der Waals surface area contributed by atoms with E-state index in [4.69, 9.17) is 9.52 Å². The van der Waals surface area contributed by atoms with E-state index in [2.05, 4.69) is 15.9 Å². The minimum Gasteiger partial charge on any atom is -0.475 e. The Bertz CT molecular complexity index is 619. The molecule has 0 saturated carbocycles. The molecular weight excluding hydrogens is 338 g/mol. The zero-order valence-corrected chi connectivity index (χ0v) is 12.9. The minimum atomic E-state index is -3.72. The molecule has 0 aromatic carbocycles. The van der Waals surface area contributed by atoms with E-state index in [-0.39, 0.29) is 15.0 Å². The molecule has 0 bridgehead atoms. The van der Waals surface area contributed by atoms with E-state index >= 15 is 0 Å². The van der Waals surface area contributed by atoms with Crippen LogP contribution in [0.1, 0.15) is 30.8 Å². The third-order valence-electron chi connectivity index (χ3n) is 3.13. The summed E-state index contributed by atoms with van der Waals surface area (Å²) in [4.78, 5) is 10.7. The van der Waals surface area contributed by atoms with E-state index in [1.54, 1.807) is 0 Å². The molecular formula is C11H14BrNO5S. The lowest BCUT2D eigenvalue weighted by atomic mass is 9.93. The van der Waals surface area contributed by atoms with Gasteiger partial charge in [0, 0.05) is 19.2 Å². The second kappa shape index (κ2) is 4.60. The van der Waals surface area contributed by atoms with Gasteiger partial charge in [0.2, 0.25) is 15.8 Å². The van der Waals surface area contributed by atoms with Crippen LogP contribution in [-0.4, -0.2) is 36.9 Å². The van der Waals surface area contributed by atoms with Crippen LogP contribution in [0.3, 0.4) is 0 Å². The van der Waals surface area contributed by atoms with Gasteiger partial charge in [0.1, 0.15) is 4.90 Å². The molecule has 0 atom stereocenters. The molecule has 1 aliphatic rings. The third kappa shape index (κ3) is 2.70. The zero-order valence-electron chi connectivity index (χ0n) is 10.5. The molecule has 6 nitrogen and oxygen atoms in total.